The maximum absolute atomic E-state index is 12.1. The lowest BCUT2D eigenvalue weighted by Crippen LogP contribution is -2.14. The summed E-state index contributed by atoms with van der Waals surface area (Å²) in [6, 6.07) is 5.03. The first kappa shape index (κ1) is 14.4. The molecule has 18 heavy (non-hydrogen) atoms. The van der Waals surface area contributed by atoms with E-state index in [0.29, 0.717) is 17.5 Å². The fourth-order valence-corrected chi connectivity index (χ4v) is 1.80. The molecule has 0 aliphatic carbocycles. The molecule has 0 N–H and O–H groups in total. The van der Waals surface area contributed by atoms with E-state index in [-0.39, 0.29) is 17.2 Å². The van der Waals surface area contributed by atoms with Gasteiger partial charge < -0.3 is 4.74 Å². The van der Waals surface area contributed by atoms with Crippen LogP contribution in [0.3, 0.4) is 0 Å². The molecule has 0 saturated carbocycles. The number of benzene rings is 1. The van der Waals surface area contributed by atoms with E-state index in [2.05, 4.69) is 4.74 Å². The van der Waals surface area contributed by atoms with Gasteiger partial charge in [0.2, 0.25) is 0 Å². The Labute approximate surface area is 108 Å². The summed E-state index contributed by atoms with van der Waals surface area (Å²) >= 11 is 0. The van der Waals surface area contributed by atoms with E-state index >= 15 is 0 Å². The number of hydrogen-bond donors (Lipinski definition) is 0. The molecule has 0 unspecified atom stereocenters. The molecular weight excluding hydrogens is 228 g/mol. The van der Waals surface area contributed by atoms with Crippen molar-refractivity contribution in [1.29, 1.82) is 0 Å². The van der Waals surface area contributed by atoms with Gasteiger partial charge in [-0.05, 0) is 30.0 Å². The molecule has 0 bridgehead atoms. The Balaban J connectivity index is 2.99. The van der Waals surface area contributed by atoms with Gasteiger partial charge in [0.1, 0.15) is 0 Å². The van der Waals surface area contributed by atoms with Gasteiger partial charge in [-0.2, -0.15) is 0 Å². The Bertz CT molecular complexity index is 467. The van der Waals surface area contributed by atoms with E-state index in [1.807, 2.05) is 27.7 Å². The monoisotopic (exact) mass is 248 g/mol. The smallest absolute Gasteiger partial charge is 0.337 e. The van der Waals surface area contributed by atoms with Gasteiger partial charge in [-0.3, -0.25) is 4.79 Å². The van der Waals surface area contributed by atoms with Crippen molar-refractivity contribution in [1.82, 2.24) is 0 Å². The average Bonchev–Trinajstić information content (AvgIpc) is 2.25. The van der Waals surface area contributed by atoms with E-state index in [1.165, 1.54) is 7.11 Å². The zero-order chi connectivity index (χ0) is 13.9. The normalized spacial score (nSPS) is 11.2. The number of hydrogen-bond acceptors (Lipinski definition) is 3. The molecule has 0 aliphatic rings. The minimum atomic E-state index is -0.382. The van der Waals surface area contributed by atoms with E-state index in [4.69, 9.17) is 0 Å². The average molecular weight is 248 g/mol. The summed E-state index contributed by atoms with van der Waals surface area (Å²) in [5.74, 6) is -0.274. The van der Waals surface area contributed by atoms with Crippen molar-refractivity contribution in [2.75, 3.05) is 7.11 Å². The Morgan fingerprint density at radius 3 is 2.28 bits per heavy atom. The van der Waals surface area contributed by atoms with Crippen LogP contribution in [0.1, 0.15) is 53.5 Å². The summed E-state index contributed by atoms with van der Waals surface area (Å²) < 4.78 is 4.65. The first-order valence-electron chi connectivity index (χ1n) is 5.97. The zero-order valence-electron chi connectivity index (χ0n) is 11.7. The van der Waals surface area contributed by atoms with Crippen LogP contribution < -0.4 is 0 Å². The number of methoxy groups -OCH3 is 1. The molecule has 0 amide bonds. The number of aryl methyl sites for hydroxylation is 1. The van der Waals surface area contributed by atoms with Gasteiger partial charge in [0, 0.05) is 12.0 Å². The number of carbonyl (C=O) groups is 2. The van der Waals surface area contributed by atoms with E-state index in [1.54, 1.807) is 18.2 Å². The van der Waals surface area contributed by atoms with Crippen LogP contribution in [0.2, 0.25) is 0 Å². The van der Waals surface area contributed by atoms with Gasteiger partial charge in [-0.15, -0.1) is 0 Å². The van der Waals surface area contributed by atoms with Crippen molar-refractivity contribution in [3.05, 3.63) is 34.9 Å². The zero-order valence-corrected chi connectivity index (χ0v) is 11.7. The highest BCUT2D eigenvalue weighted by molar-refractivity contribution is 5.99. The number of esters is 1. The van der Waals surface area contributed by atoms with Crippen LogP contribution in [0.5, 0.6) is 0 Å². The number of ether oxygens (including phenoxy) is 1. The molecule has 0 spiro atoms. The Kier molecular flexibility index (Phi) is 4.28. The van der Waals surface area contributed by atoms with Crippen molar-refractivity contribution in [3.8, 4) is 0 Å². The fourth-order valence-electron chi connectivity index (χ4n) is 1.80. The van der Waals surface area contributed by atoms with E-state index < -0.39 is 0 Å². The molecule has 0 heterocycles. The summed E-state index contributed by atoms with van der Waals surface area (Å²) in [4.78, 5) is 23.5. The van der Waals surface area contributed by atoms with Gasteiger partial charge in [0.25, 0.3) is 0 Å². The minimum absolute atomic E-state index is 0.0372. The molecule has 1 rings (SSSR count). The molecule has 0 radical (unpaired) electrons. The van der Waals surface area contributed by atoms with Crippen LogP contribution in [0, 0.1) is 12.3 Å². The highest BCUT2D eigenvalue weighted by Crippen LogP contribution is 2.23. The Hall–Kier alpha value is -1.64. The van der Waals surface area contributed by atoms with Gasteiger partial charge >= 0.3 is 5.97 Å². The van der Waals surface area contributed by atoms with Gasteiger partial charge in [-0.1, -0.05) is 26.8 Å². The third kappa shape index (κ3) is 3.69. The van der Waals surface area contributed by atoms with Gasteiger partial charge in [0.15, 0.2) is 5.78 Å². The summed E-state index contributed by atoms with van der Waals surface area (Å²) in [6.07, 6.45) is 0.491. The Morgan fingerprint density at radius 2 is 1.83 bits per heavy atom. The van der Waals surface area contributed by atoms with Crippen LogP contribution in [0.25, 0.3) is 0 Å². The first-order valence-corrected chi connectivity index (χ1v) is 5.97. The summed E-state index contributed by atoms with van der Waals surface area (Å²) in [7, 11) is 1.34. The second-order valence-corrected chi connectivity index (χ2v) is 5.68. The third-order valence-corrected chi connectivity index (χ3v) is 2.64. The van der Waals surface area contributed by atoms with Crippen LogP contribution in [0.15, 0.2) is 18.2 Å². The van der Waals surface area contributed by atoms with Crippen molar-refractivity contribution in [2.24, 2.45) is 5.41 Å². The predicted octanol–water partition coefficient (Wildman–Crippen LogP) is 3.40. The molecule has 0 fully saturated rings. The molecule has 1 aromatic rings. The highest BCUT2D eigenvalue weighted by Gasteiger charge is 2.19. The minimum Gasteiger partial charge on any atom is -0.465 e. The maximum Gasteiger partial charge on any atom is 0.337 e. The number of Topliss-reactive ketones (excluding diaryl/α,β-unsaturated/α-hetero) is 1. The summed E-state index contributed by atoms with van der Waals surface area (Å²) in [5, 5.41) is 0. The second kappa shape index (κ2) is 5.34. The summed E-state index contributed by atoms with van der Waals surface area (Å²) in [5.41, 5.74) is 1.93. The van der Waals surface area contributed by atoms with Gasteiger partial charge in [-0.25, -0.2) is 4.79 Å². The molecule has 0 aromatic heterocycles. The van der Waals surface area contributed by atoms with E-state index in [9.17, 15) is 9.59 Å². The predicted molar refractivity (Wildman–Crippen MR) is 70.9 cm³/mol. The topological polar surface area (TPSA) is 43.4 Å². The van der Waals surface area contributed by atoms with Gasteiger partial charge in [0.05, 0.1) is 12.7 Å². The molecular formula is C15H20O3. The molecule has 0 atom stereocenters. The largest absolute Gasteiger partial charge is 0.465 e. The van der Waals surface area contributed by atoms with Crippen molar-refractivity contribution in [2.45, 2.75) is 34.1 Å². The maximum atomic E-state index is 12.1. The van der Waals surface area contributed by atoms with Crippen molar-refractivity contribution >= 4 is 11.8 Å². The fraction of sp³-hybridized carbons (Fsp3) is 0.467. The third-order valence-electron chi connectivity index (χ3n) is 2.64. The molecule has 98 valence electrons. The van der Waals surface area contributed by atoms with Crippen molar-refractivity contribution < 1.29 is 14.3 Å². The Morgan fingerprint density at radius 1 is 1.22 bits per heavy atom. The molecule has 0 saturated heterocycles. The number of rotatable bonds is 3. The molecule has 0 aliphatic heterocycles. The van der Waals surface area contributed by atoms with Crippen LogP contribution >= 0.6 is 0 Å². The van der Waals surface area contributed by atoms with Crippen LogP contribution in [-0.4, -0.2) is 18.9 Å². The molecule has 3 nitrogen and oxygen atoms in total. The SMILES string of the molecule is COC(=O)c1ccc(C(=O)CC(C)(C)C)c(C)c1. The van der Waals surface area contributed by atoms with Crippen molar-refractivity contribution in [3.63, 3.8) is 0 Å². The quantitative estimate of drug-likeness (QED) is 0.608. The lowest BCUT2D eigenvalue weighted by Gasteiger charge is -2.17. The lowest BCUT2D eigenvalue weighted by atomic mass is 9.86. The first-order chi connectivity index (χ1) is 8.24. The molecule has 1 aromatic carbocycles. The van der Waals surface area contributed by atoms with Crippen LogP contribution in [-0.2, 0) is 4.74 Å². The lowest BCUT2D eigenvalue weighted by molar-refractivity contribution is 0.0600. The number of ketones is 1. The second-order valence-electron chi connectivity index (χ2n) is 5.68. The number of carbonyl (C=O) groups excluding carboxylic acids is 2. The highest BCUT2D eigenvalue weighted by atomic mass is 16.5. The van der Waals surface area contributed by atoms with E-state index in [0.717, 1.165) is 5.56 Å². The summed E-state index contributed by atoms with van der Waals surface area (Å²) in [6.45, 7) is 7.93. The molecule has 3 heteroatoms. The standard InChI is InChI=1S/C15H20O3/c1-10-8-11(14(17)18-5)6-7-12(10)13(16)9-15(2,3)4/h6-8H,9H2,1-5H3. The van der Waals surface area contributed by atoms with Crippen LogP contribution in [0.4, 0.5) is 0 Å².